The average Bonchev–Trinajstić information content (AvgIpc) is 3.34. The topological polar surface area (TPSA) is 96.3 Å². The third-order valence-corrected chi connectivity index (χ3v) is 6.84. The molecule has 0 aliphatic carbocycles. The molecule has 0 bridgehead atoms. The third kappa shape index (κ3) is 4.95. The maximum atomic E-state index is 14.8. The smallest absolute Gasteiger partial charge is 0.458 e. The van der Waals surface area contributed by atoms with E-state index >= 15 is 0 Å². The highest BCUT2D eigenvalue weighted by Gasteiger charge is 2.38. The van der Waals surface area contributed by atoms with Gasteiger partial charge < -0.3 is 9.15 Å². The molecule has 3 N–H and O–H groups in total. The van der Waals surface area contributed by atoms with Gasteiger partial charge in [0, 0.05) is 5.56 Å². The quantitative estimate of drug-likeness (QED) is 0.212. The number of alkyl halides is 3. The number of benzene rings is 3. The number of ether oxygens (including phenoxy) is 1. The summed E-state index contributed by atoms with van der Waals surface area (Å²) in [7, 11) is 0. The van der Waals surface area contributed by atoms with Crippen LogP contribution >= 0.6 is 0 Å². The maximum absolute atomic E-state index is 14.8. The number of rotatable bonds is 5. The molecule has 220 valence electrons. The molecule has 8 nitrogen and oxygen atoms in total. The van der Waals surface area contributed by atoms with E-state index < -0.39 is 41.0 Å². The summed E-state index contributed by atoms with van der Waals surface area (Å²) in [6, 6.07) is 11.0. The van der Waals surface area contributed by atoms with Crippen LogP contribution in [0.5, 0.6) is 5.75 Å². The molecular weight excluding hydrogens is 580 g/mol. The van der Waals surface area contributed by atoms with Gasteiger partial charge in [0.15, 0.2) is 11.6 Å². The van der Waals surface area contributed by atoms with Crippen molar-refractivity contribution in [1.29, 1.82) is 0 Å². The van der Waals surface area contributed by atoms with E-state index in [0.717, 1.165) is 29.3 Å². The van der Waals surface area contributed by atoms with Gasteiger partial charge in [-0.15, -0.1) is 13.2 Å². The molecule has 0 spiro atoms. The molecule has 14 heteroatoms. The lowest BCUT2D eigenvalue weighted by Gasteiger charge is -2.30. The molecule has 0 amide bonds. The van der Waals surface area contributed by atoms with Crippen LogP contribution in [0.2, 0.25) is 0 Å². The second-order valence-electron chi connectivity index (χ2n) is 9.55. The van der Waals surface area contributed by atoms with Crippen molar-refractivity contribution in [3.05, 3.63) is 117 Å². The highest BCUT2D eigenvalue weighted by Crippen LogP contribution is 2.41. The van der Waals surface area contributed by atoms with Crippen molar-refractivity contribution >= 4 is 23.0 Å². The summed E-state index contributed by atoms with van der Waals surface area (Å²) in [5.41, 5.74) is 3.12. The van der Waals surface area contributed by atoms with Gasteiger partial charge in [0.1, 0.15) is 52.1 Å². The lowest BCUT2D eigenvalue weighted by atomic mass is 9.98. The van der Waals surface area contributed by atoms with Crippen LogP contribution < -0.4 is 21.4 Å². The van der Waals surface area contributed by atoms with Crippen LogP contribution in [-0.2, 0) is 0 Å². The standard InChI is InChI=1S/C29H19F6N5O3/c1-14(28-23(15-4-2-5-17(30)10-15)27(41)24-18(31)6-3-7-22(24)42-28)40-20-12-37-13-39(36)26(20)25(38-40)16-8-9-21(19(32)11-16)43-29(33,34)35/h2-14,38H,36H2,1H3. The van der Waals surface area contributed by atoms with Crippen LogP contribution in [-0.4, -0.2) is 22.7 Å². The maximum Gasteiger partial charge on any atom is 0.573 e. The number of nitrogens with zero attached hydrogens (tertiary/aromatic N) is 3. The van der Waals surface area contributed by atoms with Crippen molar-refractivity contribution in [2.75, 3.05) is 0 Å². The molecule has 4 aromatic rings. The first-order valence-corrected chi connectivity index (χ1v) is 12.6. The third-order valence-electron chi connectivity index (χ3n) is 6.84. The van der Waals surface area contributed by atoms with Crippen LogP contribution in [0, 0.1) is 17.5 Å². The molecule has 2 aliphatic rings. The zero-order valence-corrected chi connectivity index (χ0v) is 21.9. The van der Waals surface area contributed by atoms with Crippen molar-refractivity contribution in [3.63, 3.8) is 0 Å². The second-order valence-corrected chi connectivity index (χ2v) is 9.55. The van der Waals surface area contributed by atoms with Crippen LogP contribution in [0.3, 0.4) is 0 Å². The predicted octanol–water partition coefficient (Wildman–Crippen LogP) is 6.08. The van der Waals surface area contributed by atoms with Crippen molar-refractivity contribution < 1.29 is 35.5 Å². The summed E-state index contributed by atoms with van der Waals surface area (Å²) in [6.07, 6.45) is -2.44. The van der Waals surface area contributed by atoms with Gasteiger partial charge >= 0.3 is 6.36 Å². The molecule has 43 heavy (non-hydrogen) atoms. The Labute approximate surface area is 238 Å². The van der Waals surface area contributed by atoms with Crippen LogP contribution in [0.1, 0.15) is 24.3 Å². The minimum Gasteiger partial charge on any atom is -0.458 e. The molecule has 1 atom stereocenters. The van der Waals surface area contributed by atoms with E-state index in [1.165, 1.54) is 53.9 Å². The minimum absolute atomic E-state index is 0.0148. The zero-order chi connectivity index (χ0) is 30.6. The fourth-order valence-electron chi connectivity index (χ4n) is 5.01. The largest absolute Gasteiger partial charge is 0.573 e. The summed E-state index contributed by atoms with van der Waals surface area (Å²) in [5.74, 6) is 2.39. The van der Waals surface area contributed by atoms with E-state index in [4.69, 9.17) is 10.3 Å². The van der Waals surface area contributed by atoms with E-state index in [9.17, 15) is 31.1 Å². The van der Waals surface area contributed by atoms with E-state index in [1.807, 2.05) is 0 Å². The second kappa shape index (κ2) is 10.2. The molecule has 2 aliphatic heterocycles. The fourth-order valence-corrected chi connectivity index (χ4v) is 5.01. The molecule has 0 saturated carbocycles. The number of fused-ring (bicyclic) bond motifs is 2. The van der Waals surface area contributed by atoms with Gasteiger partial charge in [0.2, 0.25) is 5.43 Å². The van der Waals surface area contributed by atoms with Crippen LogP contribution in [0.15, 0.2) is 92.5 Å². The molecule has 0 saturated heterocycles. The lowest BCUT2D eigenvalue weighted by molar-refractivity contribution is -0.275. The summed E-state index contributed by atoms with van der Waals surface area (Å²) in [5, 5.41) is 2.27. The van der Waals surface area contributed by atoms with Gasteiger partial charge in [-0.25, -0.2) is 24.0 Å². The molecule has 3 heterocycles. The number of nitrogens with one attached hydrogen (secondary N) is 1. The molecule has 0 radical (unpaired) electrons. The van der Waals surface area contributed by atoms with Gasteiger partial charge in [0.05, 0.1) is 17.5 Å². The van der Waals surface area contributed by atoms with E-state index in [2.05, 4.69) is 15.2 Å². The Morgan fingerprint density at radius 1 is 1.00 bits per heavy atom. The van der Waals surface area contributed by atoms with Crippen LogP contribution in [0.4, 0.5) is 26.3 Å². The fraction of sp³-hybridized carbons (Fsp3) is 0.103. The average molecular weight is 599 g/mol. The van der Waals surface area contributed by atoms with E-state index in [1.54, 1.807) is 6.92 Å². The molecule has 1 aromatic heterocycles. The van der Waals surface area contributed by atoms with Crippen molar-refractivity contribution in [2.45, 2.75) is 19.3 Å². The molecular formula is C29H19F6N5O3. The first kappa shape index (κ1) is 27.9. The number of halogens is 6. The first-order valence-electron chi connectivity index (χ1n) is 12.6. The Kier molecular flexibility index (Phi) is 6.64. The molecule has 6 rings (SSSR count). The van der Waals surface area contributed by atoms with Crippen molar-refractivity contribution in [1.82, 2.24) is 15.4 Å². The Hall–Kier alpha value is -5.24. The molecule has 3 aromatic carbocycles. The summed E-state index contributed by atoms with van der Waals surface area (Å²) in [6.45, 7) is 1.63. The van der Waals surface area contributed by atoms with Gasteiger partial charge in [-0.1, -0.05) is 18.2 Å². The predicted molar refractivity (Wildman–Crippen MR) is 144 cm³/mol. The molecule has 1 unspecified atom stereocenters. The van der Waals surface area contributed by atoms with Crippen LogP contribution in [0.25, 0.3) is 27.8 Å². The highest BCUT2D eigenvalue weighted by atomic mass is 19.4. The molecule has 0 fully saturated rings. The summed E-state index contributed by atoms with van der Waals surface area (Å²) in [4.78, 5) is 17.8. The van der Waals surface area contributed by atoms with E-state index in [-0.39, 0.29) is 44.8 Å². The number of aliphatic imine (C=N–C) groups is 1. The number of hydrazine groups is 2. The SMILES string of the molecule is CC(c1oc2cccc(F)c2c(=O)c1-c1cccc(F)c1)N1NC(c2ccc(OC(F)(F)F)c(F)c2)=C2C1=CN=CN2N. The van der Waals surface area contributed by atoms with Gasteiger partial charge in [-0.2, -0.15) is 0 Å². The summed E-state index contributed by atoms with van der Waals surface area (Å²) >= 11 is 0. The van der Waals surface area contributed by atoms with Gasteiger partial charge in [0.25, 0.3) is 0 Å². The number of hydrogen-bond acceptors (Lipinski definition) is 8. The zero-order valence-electron chi connectivity index (χ0n) is 21.9. The minimum atomic E-state index is -5.10. The van der Waals surface area contributed by atoms with Crippen molar-refractivity contribution in [3.8, 4) is 16.9 Å². The van der Waals surface area contributed by atoms with Gasteiger partial charge in [-0.3, -0.25) is 20.2 Å². The van der Waals surface area contributed by atoms with Crippen molar-refractivity contribution in [2.24, 2.45) is 10.8 Å². The summed E-state index contributed by atoms with van der Waals surface area (Å²) < 4.78 is 91.7. The monoisotopic (exact) mass is 599 g/mol. The Balaban J connectivity index is 1.48. The Morgan fingerprint density at radius 2 is 1.77 bits per heavy atom. The Morgan fingerprint density at radius 3 is 2.49 bits per heavy atom. The van der Waals surface area contributed by atoms with Gasteiger partial charge in [-0.05, 0) is 55.0 Å². The number of hydrogen-bond donors (Lipinski definition) is 2. The number of nitrogens with two attached hydrogens (primary N) is 1. The Bertz CT molecular complexity index is 1930. The normalized spacial score (nSPS) is 15.5. The van der Waals surface area contributed by atoms with E-state index in [0.29, 0.717) is 5.70 Å². The lowest BCUT2D eigenvalue weighted by Crippen LogP contribution is -2.36. The first-order chi connectivity index (χ1) is 20.4. The highest BCUT2D eigenvalue weighted by molar-refractivity contribution is 5.84.